The molecule has 2 aromatic rings. The number of nitrogens with zero attached hydrogens (tertiary/aromatic N) is 2. The summed E-state index contributed by atoms with van der Waals surface area (Å²) in [5, 5.41) is 3.33. The molecule has 4 nitrogen and oxygen atoms in total. The van der Waals surface area contributed by atoms with Crippen molar-refractivity contribution in [3.05, 3.63) is 47.8 Å². The molecule has 4 heteroatoms. The third-order valence-corrected chi connectivity index (χ3v) is 2.98. The minimum atomic E-state index is 0.419. The maximum Gasteiger partial charge on any atom is 0.218 e. The van der Waals surface area contributed by atoms with Gasteiger partial charge in [0.05, 0.1) is 7.11 Å². The van der Waals surface area contributed by atoms with E-state index in [1.165, 1.54) is 5.56 Å². The van der Waals surface area contributed by atoms with Crippen LogP contribution in [-0.2, 0) is 0 Å². The molecule has 1 unspecified atom stereocenters. The van der Waals surface area contributed by atoms with E-state index in [2.05, 4.69) is 46.5 Å². The van der Waals surface area contributed by atoms with E-state index in [4.69, 9.17) is 4.74 Å². The summed E-state index contributed by atoms with van der Waals surface area (Å²) >= 11 is 0. The number of ether oxygens (including phenoxy) is 1. The average Bonchev–Trinajstić information content (AvgIpc) is 2.45. The Morgan fingerprint density at radius 3 is 2.63 bits per heavy atom. The van der Waals surface area contributed by atoms with Crippen LogP contribution in [0.1, 0.15) is 24.2 Å². The van der Waals surface area contributed by atoms with E-state index in [1.54, 1.807) is 7.11 Å². The van der Waals surface area contributed by atoms with Gasteiger partial charge in [-0.3, -0.25) is 0 Å². The number of nitrogens with one attached hydrogen (secondary N) is 1. The van der Waals surface area contributed by atoms with Crippen LogP contribution in [0.5, 0.6) is 5.88 Å². The summed E-state index contributed by atoms with van der Waals surface area (Å²) in [6.45, 7) is 4.87. The van der Waals surface area contributed by atoms with Gasteiger partial charge in [-0.05, 0) is 18.4 Å². The number of anilines is 1. The fourth-order valence-electron chi connectivity index (χ4n) is 1.89. The van der Waals surface area contributed by atoms with E-state index in [0.717, 1.165) is 12.4 Å². The van der Waals surface area contributed by atoms with Crippen molar-refractivity contribution in [3.63, 3.8) is 0 Å². The molecule has 1 N–H and O–H groups in total. The van der Waals surface area contributed by atoms with Gasteiger partial charge in [-0.2, -0.15) is 4.98 Å². The number of aromatic nitrogens is 2. The van der Waals surface area contributed by atoms with Crippen molar-refractivity contribution in [3.8, 4) is 5.88 Å². The Kier molecular flexibility index (Phi) is 4.34. The molecule has 1 atom stereocenters. The van der Waals surface area contributed by atoms with Crippen LogP contribution in [0.2, 0.25) is 0 Å². The lowest BCUT2D eigenvalue weighted by Crippen LogP contribution is -2.11. The number of hydrogen-bond donors (Lipinski definition) is 1. The molecule has 2 rings (SSSR count). The Hall–Kier alpha value is -2.10. The van der Waals surface area contributed by atoms with Crippen molar-refractivity contribution in [2.75, 3.05) is 19.0 Å². The van der Waals surface area contributed by atoms with Crippen LogP contribution in [0.25, 0.3) is 0 Å². The van der Waals surface area contributed by atoms with Gasteiger partial charge in [0, 0.05) is 12.6 Å². The standard InChI is InChI=1S/C15H19N3O/c1-11(13-7-5-4-6-8-13)10-16-14-9-15(19-3)18-12(2)17-14/h4-9,11H,10H2,1-3H3,(H,16,17,18). The molecule has 1 aromatic carbocycles. The second-order valence-electron chi connectivity index (χ2n) is 4.54. The minimum Gasteiger partial charge on any atom is -0.481 e. The van der Waals surface area contributed by atoms with Crippen LogP contribution >= 0.6 is 0 Å². The van der Waals surface area contributed by atoms with Gasteiger partial charge in [-0.15, -0.1) is 0 Å². The highest BCUT2D eigenvalue weighted by atomic mass is 16.5. The molecule has 0 aliphatic carbocycles. The van der Waals surface area contributed by atoms with Gasteiger partial charge in [-0.1, -0.05) is 37.3 Å². The van der Waals surface area contributed by atoms with Crippen molar-refractivity contribution < 1.29 is 4.74 Å². The molecule has 0 bridgehead atoms. The van der Waals surface area contributed by atoms with E-state index in [-0.39, 0.29) is 0 Å². The summed E-state index contributed by atoms with van der Waals surface area (Å²) < 4.78 is 5.14. The number of hydrogen-bond acceptors (Lipinski definition) is 4. The molecule has 0 amide bonds. The summed E-state index contributed by atoms with van der Waals surface area (Å²) in [7, 11) is 1.61. The van der Waals surface area contributed by atoms with E-state index >= 15 is 0 Å². The number of aryl methyl sites for hydroxylation is 1. The number of rotatable bonds is 5. The maximum absolute atomic E-state index is 5.14. The second kappa shape index (κ2) is 6.18. The zero-order valence-corrected chi connectivity index (χ0v) is 11.6. The van der Waals surface area contributed by atoms with Crippen molar-refractivity contribution in [1.82, 2.24) is 9.97 Å². The number of benzene rings is 1. The quantitative estimate of drug-likeness (QED) is 0.894. The highest BCUT2D eigenvalue weighted by Gasteiger charge is 2.06. The number of methoxy groups -OCH3 is 1. The lowest BCUT2D eigenvalue weighted by Gasteiger charge is -2.14. The molecular formula is C15H19N3O. The average molecular weight is 257 g/mol. The molecule has 1 aromatic heterocycles. The summed E-state index contributed by atoms with van der Waals surface area (Å²) in [4.78, 5) is 8.51. The molecule has 0 spiro atoms. The third kappa shape index (κ3) is 3.68. The third-order valence-electron chi connectivity index (χ3n) is 2.98. The molecular weight excluding hydrogens is 238 g/mol. The van der Waals surface area contributed by atoms with Crippen LogP contribution in [0, 0.1) is 6.92 Å². The molecule has 0 saturated heterocycles. The van der Waals surface area contributed by atoms with Gasteiger partial charge >= 0.3 is 0 Å². The van der Waals surface area contributed by atoms with Gasteiger partial charge in [0.1, 0.15) is 11.6 Å². The molecule has 0 radical (unpaired) electrons. The van der Waals surface area contributed by atoms with E-state index in [0.29, 0.717) is 17.6 Å². The van der Waals surface area contributed by atoms with Crippen LogP contribution in [-0.4, -0.2) is 23.6 Å². The first kappa shape index (κ1) is 13.3. The van der Waals surface area contributed by atoms with Gasteiger partial charge < -0.3 is 10.1 Å². The summed E-state index contributed by atoms with van der Waals surface area (Å²) in [6.07, 6.45) is 0. The molecule has 19 heavy (non-hydrogen) atoms. The molecule has 100 valence electrons. The monoisotopic (exact) mass is 257 g/mol. The first-order valence-electron chi connectivity index (χ1n) is 6.37. The Bertz CT molecular complexity index is 528. The topological polar surface area (TPSA) is 47.0 Å². The summed E-state index contributed by atoms with van der Waals surface area (Å²) in [5.41, 5.74) is 1.31. The zero-order valence-electron chi connectivity index (χ0n) is 11.6. The fraction of sp³-hybridized carbons (Fsp3) is 0.333. The predicted octanol–water partition coefficient (Wildman–Crippen LogP) is 3.01. The fourth-order valence-corrected chi connectivity index (χ4v) is 1.89. The van der Waals surface area contributed by atoms with Crippen LogP contribution < -0.4 is 10.1 Å². The first-order chi connectivity index (χ1) is 9.19. The van der Waals surface area contributed by atoms with Crippen LogP contribution in [0.4, 0.5) is 5.82 Å². The van der Waals surface area contributed by atoms with Gasteiger partial charge in [0.25, 0.3) is 0 Å². The SMILES string of the molecule is COc1cc(NCC(C)c2ccccc2)nc(C)n1. The summed E-state index contributed by atoms with van der Waals surface area (Å²) in [5.74, 6) is 2.51. The predicted molar refractivity (Wildman–Crippen MR) is 76.7 cm³/mol. The second-order valence-corrected chi connectivity index (χ2v) is 4.54. The normalized spacial score (nSPS) is 11.9. The van der Waals surface area contributed by atoms with Gasteiger partial charge in [0.2, 0.25) is 5.88 Å². The van der Waals surface area contributed by atoms with Crippen molar-refractivity contribution in [2.45, 2.75) is 19.8 Å². The maximum atomic E-state index is 5.14. The highest BCUT2D eigenvalue weighted by molar-refractivity contribution is 5.39. The molecule has 0 aliphatic rings. The van der Waals surface area contributed by atoms with Gasteiger partial charge in [0.15, 0.2) is 0 Å². The largest absolute Gasteiger partial charge is 0.481 e. The summed E-state index contributed by atoms with van der Waals surface area (Å²) in [6, 6.07) is 12.2. The van der Waals surface area contributed by atoms with Crippen LogP contribution in [0.15, 0.2) is 36.4 Å². The Morgan fingerprint density at radius 1 is 1.21 bits per heavy atom. The van der Waals surface area contributed by atoms with Crippen LogP contribution in [0.3, 0.4) is 0 Å². The van der Waals surface area contributed by atoms with E-state index in [1.807, 2.05) is 19.1 Å². The lowest BCUT2D eigenvalue weighted by atomic mass is 10.0. The zero-order chi connectivity index (χ0) is 13.7. The Balaban J connectivity index is 2.01. The molecule has 0 saturated carbocycles. The van der Waals surface area contributed by atoms with E-state index < -0.39 is 0 Å². The van der Waals surface area contributed by atoms with Crippen molar-refractivity contribution >= 4 is 5.82 Å². The smallest absolute Gasteiger partial charge is 0.218 e. The highest BCUT2D eigenvalue weighted by Crippen LogP contribution is 2.17. The van der Waals surface area contributed by atoms with Gasteiger partial charge in [-0.25, -0.2) is 4.98 Å². The van der Waals surface area contributed by atoms with Crippen molar-refractivity contribution in [1.29, 1.82) is 0 Å². The first-order valence-corrected chi connectivity index (χ1v) is 6.37. The minimum absolute atomic E-state index is 0.419. The molecule has 1 heterocycles. The van der Waals surface area contributed by atoms with Crippen molar-refractivity contribution in [2.24, 2.45) is 0 Å². The Labute approximate surface area is 113 Å². The lowest BCUT2D eigenvalue weighted by molar-refractivity contribution is 0.396. The van der Waals surface area contributed by atoms with E-state index in [9.17, 15) is 0 Å². The molecule has 0 aliphatic heterocycles. The molecule has 0 fully saturated rings. The Morgan fingerprint density at radius 2 is 1.95 bits per heavy atom.